The molecule has 0 fully saturated rings. The zero-order valence-electron chi connectivity index (χ0n) is 9.18. The van der Waals surface area contributed by atoms with Crippen LogP contribution < -0.4 is 0 Å². The summed E-state index contributed by atoms with van der Waals surface area (Å²) in [5, 5.41) is 3.86. The van der Waals surface area contributed by atoms with Crippen LogP contribution in [0.5, 0.6) is 0 Å². The molecule has 2 rings (SSSR count). The predicted octanol–water partition coefficient (Wildman–Crippen LogP) is 2.29. The van der Waals surface area contributed by atoms with Gasteiger partial charge in [-0.15, -0.1) is 0 Å². The van der Waals surface area contributed by atoms with E-state index in [2.05, 4.69) is 21.9 Å². The van der Waals surface area contributed by atoms with Crippen LogP contribution >= 0.6 is 0 Å². The molecule has 0 aliphatic heterocycles. The Balaban J connectivity index is 2.15. The quantitative estimate of drug-likeness (QED) is 0.735. The summed E-state index contributed by atoms with van der Waals surface area (Å²) in [4.78, 5) is 7.99. The average Bonchev–Trinajstić information content (AvgIpc) is 2.74. The normalized spacial score (nSPS) is 10.3. The monoisotopic (exact) mass is 215 g/mol. The lowest BCUT2D eigenvalue weighted by Gasteiger charge is -1.99. The zero-order chi connectivity index (χ0) is 11.4. The molecule has 1 aromatic heterocycles. The van der Waals surface area contributed by atoms with Gasteiger partial charge in [-0.2, -0.15) is 4.98 Å². The van der Waals surface area contributed by atoms with E-state index in [4.69, 9.17) is 4.52 Å². The fourth-order valence-electron chi connectivity index (χ4n) is 1.45. The third kappa shape index (κ3) is 2.34. The molecule has 1 heterocycles. The van der Waals surface area contributed by atoms with Gasteiger partial charge in [-0.25, -0.2) is 0 Å². The van der Waals surface area contributed by atoms with Gasteiger partial charge in [0.25, 0.3) is 0 Å². The molecule has 0 saturated carbocycles. The summed E-state index contributed by atoms with van der Waals surface area (Å²) >= 11 is 0. The van der Waals surface area contributed by atoms with Gasteiger partial charge in [0.15, 0.2) is 0 Å². The Hall–Kier alpha value is -1.97. The summed E-state index contributed by atoms with van der Waals surface area (Å²) in [5.74, 6) is 1.21. The number of hydrogen-bond acceptors (Lipinski definition) is 4. The molecule has 0 radical (unpaired) electrons. The molecule has 0 amide bonds. The smallest absolute Gasteiger partial charge is 0.223 e. The standard InChI is InChI=1S/C12H13N3O/c1-9-14-12(15-16-9)11-5-3-10(4-6-11)7-8-13-2/h3-6H,2,7-8H2,1H3. The van der Waals surface area contributed by atoms with Crippen molar-refractivity contribution < 1.29 is 4.52 Å². The molecular weight excluding hydrogens is 202 g/mol. The second kappa shape index (κ2) is 4.70. The highest BCUT2D eigenvalue weighted by Crippen LogP contribution is 2.16. The molecule has 0 N–H and O–H groups in total. The SMILES string of the molecule is C=NCCc1ccc(-c2noc(C)n2)cc1. The number of aromatic nitrogens is 2. The fraction of sp³-hybridized carbons (Fsp3) is 0.250. The van der Waals surface area contributed by atoms with Crippen LogP contribution in [0, 0.1) is 6.92 Å². The van der Waals surface area contributed by atoms with Crippen LogP contribution in [0.2, 0.25) is 0 Å². The largest absolute Gasteiger partial charge is 0.339 e. The highest BCUT2D eigenvalue weighted by molar-refractivity contribution is 5.54. The summed E-state index contributed by atoms with van der Waals surface area (Å²) in [7, 11) is 0. The molecule has 0 bridgehead atoms. The van der Waals surface area contributed by atoms with E-state index in [1.807, 2.05) is 24.3 Å². The highest BCUT2D eigenvalue weighted by Gasteiger charge is 2.04. The molecule has 4 heteroatoms. The average molecular weight is 215 g/mol. The number of aryl methyl sites for hydroxylation is 1. The molecule has 0 aliphatic carbocycles. The number of aliphatic imine (C=N–C) groups is 1. The summed E-state index contributed by atoms with van der Waals surface area (Å²) in [5.41, 5.74) is 2.20. The van der Waals surface area contributed by atoms with Gasteiger partial charge in [-0.05, 0) is 18.7 Å². The Morgan fingerprint density at radius 3 is 2.62 bits per heavy atom. The van der Waals surface area contributed by atoms with E-state index in [1.54, 1.807) is 6.92 Å². The van der Waals surface area contributed by atoms with Crippen LogP contribution in [0.15, 0.2) is 33.8 Å². The van der Waals surface area contributed by atoms with Gasteiger partial charge in [0, 0.05) is 19.0 Å². The molecule has 0 spiro atoms. The van der Waals surface area contributed by atoms with E-state index in [0.29, 0.717) is 11.7 Å². The van der Waals surface area contributed by atoms with Crippen molar-refractivity contribution >= 4 is 6.72 Å². The Morgan fingerprint density at radius 2 is 2.06 bits per heavy atom. The Morgan fingerprint density at radius 1 is 1.31 bits per heavy atom. The maximum absolute atomic E-state index is 4.93. The Bertz CT molecular complexity index is 473. The van der Waals surface area contributed by atoms with Crippen molar-refractivity contribution in [3.05, 3.63) is 35.7 Å². The van der Waals surface area contributed by atoms with Gasteiger partial charge >= 0.3 is 0 Å². The van der Waals surface area contributed by atoms with E-state index in [9.17, 15) is 0 Å². The van der Waals surface area contributed by atoms with Crippen molar-refractivity contribution in [3.63, 3.8) is 0 Å². The minimum Gasteiger partial charge on any atom is -0.339 e. The van der Waals surface area contributed by atoms with Crippen molar-refractivity contribution in [1.82, 2.24) is 10.1 Å². The van der Waals surface area contributed by atoms with Crippen LogP contribution in [0.25, 0.3) is 11.4 Å². The van der Waals surface area contributed by atoms with Crippen molar-refractivity contribution in [2.24, 2.45) is 4.99 Å². The summed E-state index contributed by atoms with van der Waals surface area (Å²) < 4.78 is 4.93. The molecule has 16 heavy (non-hydrogen) atoms. The van der Waals surface area contributed by atoms with Crippen molar-refractivity contribution in [2.45, 2.75) is 13.3 Å². The molecule has 2 aromatic rings. The fourth-order valence-corrected chi connectivity index (χ4v) is 1.45. The first-order chi connectivity index (χ1) is 7.79. The minimum absolute atomic E-state index is 0.579. The zero-order valence-corrected chi connectivity index (χ0v) is 9.18. The highest BCUT2D eigenvalue weighted by atomic mass is 16.5. The summed E-state index contributed by atoms with van der Waals surface area (Å²) in [6, 6.07) is 8.07. The van der Waals surface area contributed by atoms with Crippen LogP contribution in [0.1, 0.15) is 11.5 Å². The second-order valence-corrected chi connectivity index (χ2v) is 3.53. The molecule has 0 unspecified atom stereocenters. The summed E-state index contributed by atoms with van der Waals surface area (Å²) in [6.07, 6.45) is 0.912. The Kier molecular flexibility index (Phi) is 3.10. The van der Waals surface area contributed by atoms with E-state index in [1.165, 1.54) is 5.56 Å². The van der Waals surface area contributed by atoms with Crippen LogP contribution in [-0.4, -0.2) is 23.4 Å². The van der Waals surface area contributed by atoms with Crippen LogP contribution in [0.4, 0.5) is 0 Å². The van der Waals surface area contributed by atoms with Crippen molar-refractivity contribution in [1.29, 1.82) is 0 Å². The number of rotatable bonds is 4. The molecule has 1 aromatic carbocycles. The first-order valence-electron chi connectivity index (χ1n) is 5.11. The lowest BCUT2D eigenvalue weighted by atomic mass is 10.1. The number of nitrogens with zero attached hydrogens (tertiary/aromatic N) is 3. The number of hydrogen-bond donors (Lipinski definition) is 0. The predicted molar refractivity (Wildman–Crippen MR) is 62.6 cm³/mol. The molecule has 82 valence electrons. The topological polar surface area (TPSA) is 51.3 Å². The van der Waals surface area contributed by atoms with E-state index in [-0.39, 0.29) is 0 Å². The summed E-state index contributed by atoms with van der Waals surface area (Å²) in [6.45, 7) is 5.99. The van der Waals surface area contributed by atoms with E-state index < -0.39 is 0 Å². The van der Waals surface area contributed by atoms with Gasteiger partial charge in [0.1, 0.15) is 0 Å². The maximum Gasteiger partial charge on any atom is 0.223 e. The van der Waals surface area contributed by atoms with Gasteiger partial charge in [-0.1, -0.05) is 29.4 Å². The van der Waals surface area contributed by atoms with E-state index in [0.717, 1.165) is 18.5 Å². The molecule has 0 atom stereocenters. The Labute approximate surface area is 94.0 Å². The third-order valence-electron chi connectivity index (χ3n) is 2.30. The first kappa shape index (κ1) is 10.5. The van der Waals surface area contributed by atoms with Gasteiger partial charge < -0.3 is 9.52 Å². The van der Waals surface area contributed by atoms with Gasteiger partial charge in [-0.3, -0.25) is 0 Å². The molecule has 0 aliphatic rings. The maximum atomic E-state index is 4.93. The second-order valence-electron chi connectivity index (χ2n) is 3.53. The van der Waals surface area contributed by atoms with Crippen LogP contribution in [0.3, 0.4) is 0 Å². The van der Waals surface area contributed by atoms with Gasteiger partial charge in [0.2, 0.25) is 11.7 Å². The molecule has 4 nitrogen and oxygen atoms in total. The molecular formula is C12H13N3O. The van der Waals surface area contributed by atoms with E-state index >= 15 is 0 Å². The first-order valence-corrected chi connectivity index (χ1v) is 5.11. The number of benzene rings is 1. The van der Waals surface area contributed by atoms with Gasteiger partial charge in [0.05, 0.1) is 0 Å². The van der Waals surface area contributed by atoms with Crippen LogP contribution in [-0.2, 0) is 6.42 Å². The van der Waals surface area contributed by atoms with Crippen molar-refractivity contribution in [3.8, 4) is 11.4 Å². The lowest BCUT2D eigenvalue weighted by Crippen LogP contribution is -1.89. The van der Waals surface area contributed by atoms with Crippen molar-refractivity contribution in [2.75, 3.05) is 6.54 Å². The third-order valence-corrected chi connectivity index (χ3v) is 2.30. The lowest BCUT2D eigenvalue weighted by molar-refractivity contribution is 0.394. The molecule has 0 saturated heterocycles. The minimum atomic E-state index is 0.579.